The van der Waals surface area contributed by atoms with Gasteiger partial charge in [0.25, 0.3) is 0 Å². The summed E-state index contributed by atoms with van der Waals surface area (Å²) in [5, 5.41) is 19.3. The molecule has 4 N–H and O–H groups in total. The van der Waals surface area contributed by atoms with E-state index in [-0.39, 0.29) is 24.2 Å². The molecule has 1 saturated heterocycles. The Hall–Kier alpha value is -2.49. The van der Waals surface area contributed by atoms with E-state index in [1.807, 2.05) is 18.0 Å². The second-order valence-corrected chi connectivity index (χ2v) is 5.77. The fraction of sp³-hybridized carbons (Fsp3) is 0.533. The molecular weight excluding hydrogens is 280 g/mol. The molecule has 7 nitrogen and oxygen atoms in total. The molecule has 0 spiro atoms. The maximum atomic E-state index is 11.9. The van der Waals surface area contributed by atoms with Crippen LogP contribution in [-0.2, 0) is 4.79 Å². The third kappa shape index (κ3) is 3.06. The van der Waals surface area contributed by atoms with E-state index in [0.717, 1.165) is 6.42 Å². The highest BCUT2D eigenvalue weighted by Crippen LogP contribution is 2.24. The van der Waals surface area contributed by atoms with Crippen molar-refractivity contribution in [2.24, 2.45) is 11.7 Å². The van der Waals surface area contributed by atoms with Crippen LogP contribution in [0.15, 0.2) is 23.7 Å². The van der Waals surface area contributed by atoms with Crippen LogP contribution in [0.5, 0.6) is 0 Å². The SMILES string of the molecule is C[C@@H]1CCN(C(=O)CC#N)C[C@@H]1N(C)/C(N)=C1\C=CNC1=N. The Morgan fingerprint density at radius 3 is 3.00 bits per heavy atom. The monoisotopic (exact) mass is 302 g/mol. The molecule has 0 aromatic heterocycles. The topological polar surface area (TPSA) is 109 Å². The van der Waals surface area contributed by atoms with E-state index in [0.29, 0.717) is 30.4 Å². The fourth-order valence-electron chi connectivity index (χ4n) is 2.91. The summed E-state index contributed by atoms with van der Waals surface area (Å²) < 4.78 is 0. The third-order valence-corrected chi connectivity index (χ3v) is 4.40. The van der Waals surface area contributed by atoms with Crippen LogP contribution in [-0.4, -0.2) is 47.7 Å². The van der Waals surface area contributed by atoms with E-state index >= 15 is 0 Å². The highest BCUT2D eigenvalue weighted by molar-refractivity contribution is 6.02. The van der Waals surface area contributed by atoms with Crippen molar-refractivity contribution in [1.29, 1.82) is 10.7 Å². The van der Waals surface area contributed by atoms with Gasteiger partial charge in [0.2, 0.25) is 5.91 Å². The molecule has 2 aliphatic rings. The number of nitriles is 1. The number of nitrogens with zero attached hydrogens (tertiary/aromatic N) is 3. The van der Waals surface area contributed by atoms with Crippen molar-refractivity contribution in [3.63, 3.8) is 0 Å². The molecule has 2 rings (SSSR count). The van der Waals surface area contributed by atoms with Crippen molar-refractivity contribution in [2.45, 2.75) is 25.8 Å². The fourth-order valence-corrected chi connectivity index (χ4v) is 2.91. The van der Waals surface area contributed by atoms with Gasteiger partial charge in [-0.3, -0.25) is 10.2 Å². The van der Waals surface area contributed by atoms with Gasteiger partial charge in [0.1, 0.15) is 18.1 Å². The standard InChI is InChI=1S/C15H22N6O/c1-10-5-8-21(13(22)3-6-16)9-12(10)20(2)15(18)11-4-7-19-14(11)17/h4,7,10,12H,3,5,8-9,18H2,1-2H3,(H2,17,19)/b15-11+/t10-,12+/m1/s1. The highest BCUT2D eigenvalue weighted by atomic mass is 16.2. The summed E-state index contributed by atoms with van der Waals surface area (Å²) >= 11 is 0. The van der Waals surface area contributed by atoms with Crippen molar-refractivity contribution in [2.75, 3.05) is 20.1 Å². The molecular formula is C15H22N6O. The van der Waals surface area contributed by atoms with E-state index < -0.39 is 0 Å². The van der Waals surface area contributed by atoms with Crippen molar-refractivity contribution in [3.8, 4) is 6.07 Å². The first-order valence-corrected chi connectivity index (χ1v) is 7.35. The molecule has 118 valence electrons. The summed E-state index contributed by atoms with van der Waals surface area (Å²) in [4.78, 5) is 15.6. The number of piperidine rings is 1. The van der Waals surface area contributed by atoms with Crippen LogP contribution in [0.2, 0.25) is 0 Å². The smallest absolute Gasteiger partial charge is 0.236 e. The average molecular weight is 302 g/mol. The summed E-state index contributed by atoms with van der Waals surface area (Å²) in [7, 11) is 1.89. The number of nitrogens with two attached hydrogens (primary N) is 1. The Balaban J connectivity index is 2.15. The van der Waals surface area contributed by atoms with Crippen LogP contribution >= 0.6 is 0 Å². The van der Waals surface area contributed by atoms with Gasteiger partial charge in [-0.1, -0.05) is 6.92 Å². The molecule has 0 unspecified atom stereocenters. The first-order chi connectivity index (χ1) is 10.5. The predicted octanol–water partition coefficient (Wildman–Crippen LogP) is 0.333. The lowest BCUT2D eigenvalue weighted by Gasteiger charge is -2.42. The number of hydrogen-bond donors (Lipinski definition) is 3. The molecule has 1 fully saturated rings. The Labute approximate surface area is 130 Å². The Bertz CT molecular complexity index is 573. The molecule has 0 aromatic rings. The number of amidine groups is 1. The van der Waals surface area contributed by atoms with Crippen molar-refractivity contribution < 1.29 is 4.79 Å². The summed E-state index contributed by atoms with van der Waals surface area (Å²) in [6, 6.07) is 1.98. The maximum Gasteiger partial charge on any atom is 0.236 e. The molecule has 0 aromatic carbocycles. The van der Waals surface area contributed by atoms with Gasteiger partial charge in [-0.2, -0.15) is 5.26 Å². The van der Waals surface area contributed by atoms with Gasteiger partial charge in [0.15, 0.2) is 0 Å². The Kier molecular flexibility index (Phi) is 4.71. The number of rotatable bonds is 3. The molecule has 2 heterocycles. The van der Waals surface area contributed by atoms with Crippen LogP contribution in [0, 0.1) is 22.7 Å². The number of likely N-dealkylation sites (N-methyl/N-ethyl adjacent to an activating group) is 1. The first kappa shape index (κ1) is 15.9. The first-order valence-electron chi connectivity index (χ1n) is 7.35. The molecule has 2 aliphatic heterocycles. The average Bonchev–Trinajstić information content (AvgIpc) is 2.92. The molecule has 1 amide bonds. The summed E-state index contributed by atoms with van der Waals surface area (Å²) in [6.45, 7) is 3.37. The quantitative estimate of drug-likeness (QED) is 0.696. The van der Waals surface area contributed by atoms with Crippen LogP contribution in [0.4, 0.5) is 0 Å². The van der Waals surface area contributed by atoms with Gasteiger partial charge in [0.05, 0.1) is 17.7 Å². The summed E-state index contributed by atoms with van der Waals surface area (Å²) in [6.07, 6.45) is 4.25. The largest absolute Gasteiger partial charge is 0.385 e. The minimum atomic E-state index is -0.130. The molecule has 0 aliphatic carbocycles. The zero-order valence-electron chi connectivity index (χ0n) is 13.0. The lowest BCUT2D eigenvalue weighted by atomic mass is 9.92. The number of nitrogens with one attached hydrogen (secondary N) is 2. The zero-order chi connectivity index (χ0) is 16.3. The normalized spacial score (nSPS) is 26.4. The van der Waals surface area contributed by atoms with Crippen LogP contribution in [0.25, 0.3) is 0 Å². The number of carbonyl (C=O) groups is 1. The van der Waals surface area contributed by atoms with E-state index in [1.54, 1.807) is 17.2 Å². The molecule has 7 heteroatoms. The van der Waals surface area contributed by atoms with Crippen LogP contribution in [0.1, 0.15) is 19.8 Å². The van der Waals surface area contributed by atoms with Crippen molar-refractivity contribution in [3.05, 3.63) is 23.7 Å². The second kappa shape index (κ2) is 6.52. The van der Waals surface area contributed by atoms with Gasteiger partial charge in [-0.15, -0.1) is 0 Å². The van der Waals surface area contributed by atoms with Gasteiger partial charge in [0, 0.05) is 26.3 Å². The molecule has 0 saturated carbocycles. The highest BCUT2D eigenvalue weighted by Gasteiger charge is 2.32. The number of amides is 1. The lowest BCUT2D eigenvalue weighted by Crippen LogP contribution is -2.53. The maximum absolute atomic E-state index is 11.9. The van der Waals surface area contributed by atoms with E-state index in [1.165, 1.54) is 0 Å². The molecule has 0 bridgehead atoms. The molecule has 0 radical (unpaired) electrons. The minimum Gasteiger partial charge on any atom is -0.385 e. The van der Waals surface area contributed by atoms with E-state index in [4.69, 9.17) is 16.4 Å². The number of hydrogen-bond acceptors (Lipinski definition) is 5. The number of carbonyl (C=O) groups excluding carboxylic acids is 1. The second-order valence-electron chi connectivity index (χ2n) is 5.77. The Morgan fingerprint density at radius 1 is 1.68 bits per heavy atom. The van der Waals surface area contributed by atoms with Crippen molar-refractivity contribution >= 4 is 11.7 Å². The predicted molar refractivity (Wildman–Crippen MR) is 83.4 cm³/mol. The van der Waals surface area contributed by atoms with Gasteiger partial charge in [-0.25, -0.2) is 0 Å². The summed E-state index contributed by atoms with van der Waals surface area (Å²) in [5.41, 5.74) is 6.87. The van der Waals surface area contributed by atoms with Crippen LogP contribution < -0.4 is 11.1 Å². The van der Waals surface area contributed by atoms with Gasteiger partial charge in [-0.05, 0) is 18.4 Å². The molecule has 2 atom stereocenters. The minimum absolute atomic E-state index is 0.0747. The zero-order valence-corrected chi connectivity index (χ0v) is 13.0. The van der Waals surface area contributed by atoms with Crippen molar-refractivity contribution in [1.82, 2.24) is 15.1 Å². The van der Waals surface area contributed by atoms with E-state index in [2.05, 4.69) is 12.2 Å². The third-order valence-electron chi connectivity index (χ3n) is 4.40. The summed E-state index contributed by atoms with van der Waals surface area (Å²) in [5.74, 6) is 1.06. The van der Waals surface area contributed by atoms with Crippen LogP contribution in [0.3, 0.4) is 0 Å². The van der Waals surface area contributed by atoms with Gasteiger partial charge >= 0.3 is 0 Å². The Morgan fingerprint density at radius 2 is 2.41 bits per heavy atom. The number of likely N-dealkylation sites (tertiary alicyclic amines) is 1. The van der Waals surface area contributed by atoms with E-state index in [9.17, 15) is 4.79 Å². The van der Waals surface area contributed by atoms with Gasteiger partial charge < -0.3 is 20.9 Å². The molecule has 22 heavy (non-hydrogen) atoms. The lowest BCUT2D eigenvalue weighted by molar-refractivity contribution is -0.132.